The summed E-state index contributed by atoms with van der Waals surface area (Å²) in [5, 5.41) is 5.79. The van der Waals surface area contributed by atoms with Crippen LogP contribution in [-0.4, -0.2) is 19.3 Å². The third-order valence-corrected chi connectivity index (χ3v) is 5.75. The van der Waals surface area contributed by atoms with Gasteiger partial charge in [-0.2, -0.15) is 0 Å². The van der Waals surface area contributed by atoms with Crippen molar-refractivity contribution >= 4 is 11.3 Å². The summed E-state index contributed by atoms with van der Waals surface area (Å²) in [6.45, 7) is 7.64. The molecular weight excluding hydrogens is 318 g/mol. The van der Waals surface area contributed by atoms with Crippen molar-refractivity contribution in [1.29, 1.82) is 0 Å². The molecule has 1 aliphatic rings. The fraction of sp³-hybridized carbons (Fsp3) is 0.500. The third-order valence-electron chi connectivity index (χ3n) is 4.55. The van der Waals surface area contributed by atoms with E-state index in [0.717, 1.165) is 32.6 Å². The van der Waals surface area contributed by atoms with Gasteiger partial charge >= 0.3 is 0 Å². The van der Waals surface area contributed by atoms with E-state index in [0.29, 0.717) is 18.8 Å². The van der Waals surface area contributed by atoms with Crippen molar-refractivity contribution in [3.05, 3.63) is 57.3 Å². The Labute approximate surface area is 149 Å². The summed E-state index contributed by atoms with van der Waals surface area (Å²) in [7, 11) is 0. The van der Waals surface area contributed by atoms with E-state index in [1.54, 1.807) is 0 Å². The van der Waals surface area contributed by atoms with Gasteiger partial charge in [-0.05, 0) is 54.8 Å². The maximum atomic E-state index is 6.03. The molecule has 2 heterocycles. The van der Waals surface area contributed by atoms with E-state index in [2.05, 4.69) is 54.9 Å². The molecule has 2 aromatic rings. The van der Waals surface area contributed by atoms with Gasteiger partial charge in [0.2, 0.25) is 0 Å². The Morgan fingerprint density at radius 1 is 1.25 bits per heavy atom. The number of benzene rings is 1. The minimum absolute atomic E-state index is 0.349. The zero-order valence-corrected chi connectivity index (χ0v) is 15.4. The van der Waals surface area contributed by atoms with Crippen LogP contribution in [0, 0.1) is 6.92 Å². The van der Waals surface area contributed by atoms with Gasteiger partial charge in [0.15, 0.2) is 0 Å². The van der Waals surface area contributed by atoms with E-state index in [1.807, 2.05) is 11.3 Å². The summed E-state index contributed by atoms with van der Waals surface area (Å²) >= 11 is 1.83. The molecule has 0 bridgehead atoms. The minimum atomic E-state index is 0.349. The lowest BCUT2D eigenvalue weighted by Gasteiger charge is -2.22. The highest BCUT2D eigenvalue weighted by Gasteiger charge is 2.14. The van der Waals surface area contributed by atoms with Crippen molar-refractivity contribution in [3.8, 4) is 0 Å². The van der Waals surface area contributed by atoms with E-state index in [1.165, 1.54) is 21.6 Å². The molecule has 0 unspecified atom stereocenters. The largest absolute Gasteiger partial charge is 0.381 e. The van der Waals surface area contributed by atoms with Gasteiger partial charge < -0.3 is 14.8 Å². The second-order valence-corrected chi connectivity index (χ2v) is 7.46. The Balaban J connectivity index is 1.50. The first-order chi connectivity index (χ1) is 11.7. The second-order valence-electron chi connectivity index (χ2n) is 6.51. The second kappa shape index (κ2) is 8.77. The van der Waals surface area contributed by atoms with Crippen LogP contribution in [0.1, 0.15) is 47.4 Å². The SMILES string of the molecule is Cc1ccsc1[C@H](C)NCc1cccc(COC2CCOCC2)c1. The molecule has 130 valence electrons. The lowest BCUT2D eigenvalue weighted by Crippen LogP contribution is -2.23. The molecule has 1 aromatic carbocycles. The summed E-state index contributed by atoms with van der Waals surface area (Å²) in [6.07, 6.45) is 2.38. The maximum absolute atomic E-state index is 6.03. The van der Waals surface area contributed by atoms with Crippen molar-refractivity contribution < 1.29 is 9.47 Å². The lowest BCUT2D eigenvalue weighted by atomic mass is 10.1. The molecule has 0 aliphatic carbocycles. The van der Waals surface area contributed by atoms with Crippen LogP contribution in [0.15, 0.2) is 35.7 Å². The Bertz CT molecular complexity index is 634. The van der Waals surface area contributed by atoms with Gasteiger partial charge in [-0.15, -0.1) is 11.3 Å². The standard InChI is InChI=1S/C20H27NO2S/c1-15-8-11-24-20(15)16(2)21-13-17-4-3-5-18(12-17)14-23-19-6-9-22-10-7-19/h3-5,8,11-12,16,19,21H,6-7,9-10,13-14H2,1-2H3/t16-/m0/s1. The number of nitrogens with one attached hydrogen (secondary N) is 1. The van der Waals surface area contributed by atoms with Gasteiger partial charge in [-0.3, -0.25) is 0 Å². The Morgan fingerprint density at radius 3 is 2.79 bits per heavy atom. The molecule has 0 radical (unpaired) electrons. The van der Waals surface area contributed by atoms with Crippen LogP contribution in [0.25, 0.3) is 0 Å². The number of hydrogen-bond acceptors (Lipinski definition) is 4. The summed E-state index contributed by atoms with van der Waals surface area (Å²) in [4.78, 5) is 1.43. The smallest absolute Gasteiger partial charge is 0.0720 e. The van der Waals surface area contributed by atoms with Crippen molar-refractivity contribution in [3.63, 3.8) is 0 Å². The monoisotopic (exact) mass is 345 g/mol. The quantitative estimate of drug-likeness (QED) is 0.795. The predicted molar refractivity (Wildman–Crippen MR) is 99.4 cm³/mol. The Hall–Kier alpha value is -1.20. The number of ether oxygens (including phenoxy) is 2. The fourth-order valence-corrected chi connectivity index (χ4v) is 4.04. The Morgan fingerprint density at radius 2 is 2.04 bits per heavy atom. The molecule has 0 spiro atoms. The van der Waals surface area contributed by atoms with E-state index in [9.17, 15) is 0 Å². The highest BCUT2D eigenvalue weighted by molar-refractivity contribution is 7.10. The van der Waals surface area contributed by atoms with Crippen LogP contribution in [0.3, 0.4) is 0 Å². The van der Waals surface area contributed by atoms with Gasteiger partial charge in [0.25, 0.3) is 0 Å². The molecule has 4 heteroatoms. The minimum Gasteiger partial charge on any atom is -0.381 e. The highest BCUT2D eigenvalue weighted by Crippen LogP contribution is 2.23. The molecule has 0 saturated carbocycles. The van der Waals surface area contributed by atoms with Gasteiger partial charge in [-0.1, -0.05) is 24.3 Å². The Kier molecular flexibility index (Phi) is 6.44. The molecule has 24 heavy (non-hydrogen) atoms. The summed E-state index contributed by atoms with van der Waals surface area (Å²) < 4.78 is 11.4. The number of rotatable bonds is 7. The van der Waals surface area contributed by atoms with Crippen molar-refractivity contribution in [1.82, 2.24) is 5.32 Å². The number of thiophene rings is 1. The van der Waals surface area contributed by atoms with Crippen LogP contribution < -0.4 is 5.32 Å². The van der Waals surface area contributed by atoms with E-state index >= 15 is 0 Å². The van der Waals surface area contributed by atoms with Gasteiger partial charge in [0, 0.05) is 30.7 Å². The van der Waals surface area contributed by atoms with Crippen LogP contribution in [0.2, 0.25) is 0 Å². The first-order valence-electron chi connectivity index (χ1n) is 8.77. The van der Waals surface area contributed by atoms with Crippen molar-refractivity contribution in [2.45, 2.75) is 52.0 Å². The first kappa shape index (κ1) is 17.6. The number of hydrogen-bond donors (Lipinski definition) is 1. The van der Waals surface area contributed by atoms with Gasteiger partial charge in [0.05, 0.1) is 12.7 Å². The molecule has 1 aliphatic heterocycles. The molecule has 3 nitrogen and oxygen atoms in total. The van der Waals surface area contributed by atoms with Crippen LogP contribution >= 0.6 is 11.3 Å². The summed E-state index contributed by atoms with van der Waals surface area (Å²) in [6, 6.07) is 11.3. The molecule has 1 fully saturated rings. The predicted octanol–water partition coefficient (Wildman–Crippen LogP) is 4.60. The highest BCUT2D eigenvalue weighted by atomic mass is 32.1. The average molecular weight is 346 g/mol. The average Bonchev–Trinajstić information content (AvgIpc) is 3.05. The van der Waals surface area contributed by atoms with Gasteiger partial charge in [-0.25, -0.2) is 0 Å². The summed E-state index contributed by atoms with van der Waals surface area (Å²) in [5.74, 6) is 0. The molecule has 1 saturated heterocycles. The van der Waals surface area contributed by atoms with E-state index < -0.39 is 0 Å². The molecule has 3 rings (SSSR count). The van der Waals surface area contributed by atoms with E-state index in [-0.39, 0.29) is 0 Å². The zero-order chi connectivity index (χ0) is 16.8. The fourth-order valence-electron chi connectivity index (χ4n) is 3.08. The van der Waals surface area contributed by atoms with Crippen LogP contribution in [0.5, 0.6) is 0 Å². The maximum Gasteiger partial charge on any atom is 0.0720 e. The molecule has 1 aromatic heterocycles. The molecule has 1 atom stereocenters. The summed E-state index contributed by atoms with van der Waals surface area (Å²) in [5.41, 5.74) is 3.93. The molecule has 1 N–H and O–H groups in total. The molecule has 0 amide bonds. The van der Waals surface area contributed by atoms with Crippen LogP contribution in [-0.2, 0) is 22.6 Å². The molecular formula is C20H27NO2S. The third kappa shape index (κ3) is 4.90. The van der Waals surface area contributed by atoms with Crippen molar-refractivity contribution in [2.24, 2.45) is 0 Å². The van der Waals surface area contributed by atoms with Crippen molar-refractivity contribution in [2.75, 3.05) is 13.2 Å². The first-order valence-corrected chi connectivity index (χ1v) is 9.65. The topological polar surface area (TPSA) is 30.5 Å². The normalized spacial score (nSPS) is 17.1. The lowest BCUT2D eigenvalue weighted by molar-refractivity contribution is -0.0390. The zero-order valence-electron chi connectivity index (χ0n) is 14.6. The van der Waals surface area contributed by atoms with E-state index in [4.69, 9.17) is 9.47 Å². The number of aryl methyl sites for hydroxylation is 1. The van der Waals surface area contributed by atoms with Gasteiger partial charge in [0.1, 0.15) is 0 Å². The van der Waals surface area contributed by atoms with Crippen LogP contribution in [0.4, 0.5) is 0 Å².